The van der Waals surface area contributed by atoms with Crippen LogP contribution in [0.4, 0.5) is 0 Å². The van der Waals surface area contributed by atoms with Gasteiger partial charge in [0.05, 0.1) is 0 Å². The Bertz CT molecular complexity index is 351. The number of aromatic amines is 1. The van der Waals surface area contributed by atoms with Gasteiger partial charge in [-0.15, -0.1) is 5.10 Å². The van der Waals surface area contributed by atoms with Crippen LogP contribution in [0.2, 0.25) is 0 Å². The number of hydrogen-bond acceptors (Lipinski definition) is 2. The van der Waals surface area contributed by atoms with Crippen LogP contribution in [0.1, 0.15) is 84.4 Å². The summed E-state index contributed by atoms with van der Waals surface area (Å²) in [4.78, 5) is 4.58. The maximum absolute atomic E-state index is 4.58. The molecule has 1 rings (SSSR count). The number of halogens is 1. The Balaban J connectivity index is 2.60. The van der Waals surface area contributed by atoms with Crippen LogP contribution in [0.15, 0.2) is 0 Å². The molecule has 1 aromatic rings. The lowest BCUT2D eigenvalue weighted by molar-refractivity contribution is 0.348. The summed E-state index contributed by atoms with van der Waals surface area (Å²) < 4.78 is 0.836. The zero-order valence-corrected chi connectivity index (χ0v) is 14.8. The van der Waals surface area contributed by atoms with E-state index in [0.717, 1.165) is 9.66 Å². The van der Waals surface area contributed by atoms with Crippen molar-refractivity contribution in [1.29, 1.82) is 0 Å². The Morgan fingerprint density at radius 1 is 1.00 bits per heavy atom. The highest BCUT2D eigenvalue weighted by Crippen LogP contribution is 2.33. The molecule has 1 unspecified atom stereocenters. The summed E-state index contributed by atoms with van der Waals surface area (Å²) in [5, 5.41) is 7.35. The maximum Gasteiger partial charge on any atom is 0.211 e. The topological polar surface area (TPSA) is 41.6 Å². The Hall–Kier alpha value is -0.130. The van der Waals surface area contributed by atoms with Crippen LogP contribution in [-0.4, -0.2) is 15.2 Å². The Morgan fingerprint density at radius 3 is 2.11 bits per heavy atom. The molecule has 3 nitrogen and oxygen atoms in total. The van der Waals surface area contributed by atoms with E-state index in [9.17, 15) is 0 Å². The fraction of sp³-hybridized carbons (Fsp3) is 0.867. The van der Waals surface area contributed by atoms with Crippen LogP contribution >= 0.6 is 22.6 Å². The van der Waals surface area contributed by atoms with Gasteiger partial charge in [0.1, 0.15) is 5.82 Å². The fourth-order valence-electron chi connectivity index (χ4n) is 2.58. The minimum atomic E-state index is 0.180. The number of H-pyrrole nitrogens is 1. The number of nitrogens with one attached hydrogen (secondary N) is 1. The van der Waals surface area contributed by atoms with Crippen molar-refractivity contribution >= 4 is 22.6 Å². The van der Waals surface area contributed by atoms with E-state index in [-0.39, 0.29) is 5.41 Å². The monoisotopic (exact) mass is 377 g/mol. The molecule has 0 aliphatic carbocycles. The Kier molecular flexibility index (Phi) is 7.95. The molecule has 19 heavy (non-hydrogen) atoms. The largest absolute Gasteiger partial charge is 0.262 e. The van der Waals surface area contributed by atoms with E-state index in [1.54, 1.807) is 0 Å². The molecule has 1 N–H and O–H groups in total. The second kappa shape index (κ2) is 8.93. The number of unbranched alkanes of at least 4 members (excludes halogenated alkanes) is 5. The van der Waals surface area contributed by atoms with E-state index in [2.05, 4.69) is 58.5 Å². The molecule has 0 amide bonds. The van der Waals surface area contributed by atoms with Gasteiger partial charge in [0, 0.05) is 28.0 Å². The molecule has 0 fully saturated rings. The molecule has 0 aliphatic rings. The smallest absolute Gasteiger partial charge is 0.211 e. The first-order chi connectivity index (χ1) is 9.12. The lowest BCUT2D eigenvalue weighted by Gasteiger charge is -2.27. The molecule has 1 atom stereocenters. The number of hydrogen-bond donors (Lipinski definition) is 1. The highest BCUT2D eigenvalue weighted by Gasteiger charge is 2.29. The number of aromatic nitrogens is 3. The number of rotatable bonds is 10. The zero-order chi connectivity index (χ0) is 14.1. The summed E-state index contributed by atoms with van der Waals surface area (Å²) in [5.74, 6) is 1.09. The minimum absolute atomic E-state index is 0.180. The maximum atomic E-state index is 4.58. The van der Waals surface area contributed by atoms with Crippen molar-refractivity contribution < 1.29 is 0 Å². The van der Waals surface area contributed by atoms with Gasteiger partial charge in [-0.1, -0.05) is 65.7 Å². The van der Waals surface area contributed by atoms with Gasteiger partial charge in [-0.3, -0.25) is 5.10 Å². The third-order valence-corrected chi connectivity index (χ3v) is 4.43. The lowest BCUT2D eigenvalue weighted by Crippen LogP contribution is -2.24. The molecule has 0 aliphatic heterocycles. The second-order valence-corrected chi connectivity index (χ2v) is 6.75. The Labute approximate surface area is 131 Å². The number of nitrogens with zero attached hydrogens (tertiary/aromatic N) is 2. The summed E-state index contributed by atoms with van der Waals surface area (Å²) >= 11 is 2.18. The van der Waals surface area contributed by atoms with Crippen molar-refractivity contribution in [2.75, 3.05) is 0 Å². The average molecular weight is 377 g/mol. The third kappa shape index (κ3) is 5.79. The van der Waals surface area contributed by atoms with Crippen LogP contribution in [0.5, 0.6) is 0 Å². The summed E-state index contributed by atoms with van der Waals surface area (Å²) in [6, 6.07) is 0. The Morgan fingerprint density at radius 2 is 1.58 bits per heavy atom. The van der Waals surface area contributed by atoms with Crippen LogP contribution < -0.4 is 0 Å². The van der Waals surface area contributed by atoms with Crippen LogP contribution in [-0.2, 0) is 5.41 Å². The standard InChI is InChI=1S/C15H28IN3/c1-4-6-8-10-12-15(3,11-9-7-5-2)13-17-14(16)19-18-13/h4-12H2,1-3H3,(H,17,18,19). The van der Waals surface area contributed by atoms with Crippen LogP contribution in [0.3, 0.4) is 0 Å². The molecule has 0 saturated heterocycles. The normalized spacial score (nSPS) is 14.5. The third-order valence-electron chi connectivity index (χ3n) is 3.94. The second-order valence-electron chi connectivity index (χ2n) is 5.78. The fourth-order valence-corrected chi connectivity index (χ4v) is 2.94. The quantitative estimate of drug-likeness (QED) is 0.449. The van der Waals surface area contributed by atoms with Gasteiger partial charge in [-0.25, -0.2) is 4.98 Å². The van der Waals surface area contributed by atoms with Crippen molar-refractivity contribution in [3.05, 3.63) is 9.66 Å². The molecular formula is C15H28IN3. The molecule has 110 valence electrons. The van der Waals surface area contributed by atoms with Gasteiger partial charge < -0.3 is 0 Å². The summed E-state index contributed by atoms with van der Waals surface area (Å²) in [6.07, 6.45) is 11.6. The molecule has 0 radical (unpaired) electrons. The highest BCUT2D eigenvalue weighted by atomic mass is 127. The van der Waals surface area contributed by atoms with Crippen molar-refractivity contribution in [1.82, 2.24) is 15.2 Å². The summed E-state index contributed by atoms with van der Waals surface area (Å²) in [5.41, 5.74) is 0.180. The van der Waals surface area contributed by atoms with E-state index in [0.29, 0.717) is 0 Å². The van der Waals surface area contributed by atoms with Crippen molar-refractivity contribution in [3.8, 4) is 0 Å². The SMILES string of the molecule is CCCCCCC(C)(CCCCC)c1nc(I)n[nH]1. The highest BCUT2D eigenvalue weighted by molar-refractivity contribution is 14.1. The zero-order valence-electron chi connectivity index (χ0n) is 12.6. The van der Waals surface area contributed by atoms with E-state index >= 15 is 0 Å². The van der Waals surface area contributed by atoms with Crippen molar-refractivity contribution in [2.45, 2.75) is 84.0 Å². The molecule has 1 aromatic heterocycles. The molecule has 1 heterocycles. The molecule has 4 heteroatoms. The predicted molar refractivity (Wildman–Crippen MR) is 89.4 cm³/mol. The van der Waals surface area contributed by atoms with Crippen molar-refractivity contribution in [3.63, 3.8) is 0 Å². The van der Waals surface area contributed by atoms with E-state index in [1.165, 1.54) is 57.8 Å². The van der Waals surface area contributed by atoms with Gasteiger partial charge in [0.15, 0.2) is 0 Å². The van der Waals surface area contributed by atoms with Crippen molar-refractivity contribution in [2.24, 2.45) is 0 Å². The summed E-state index contributed by atoms with van der Waals surface area (Å²) in [6.45, 7) is 6.88. The first-order valence-corrected chi connectivity index (χ1v) is 8.78. The average Bonchev–Trinajstić information content (AvgIpc) is 2.82. The predicted octanol–water partition coefficient (Wildman–Crippen LogP) is 5.22. The van der Waals surface area contributed by atoms with Crippen LogP contribution in [0.25, 0.3) is 0 Å². The lowest BCUT2D eigenvalue weighted by atomic mass is 9.79. The first-order valence-electron chi connectivity index (χ1n) is 7.70. The van der Waals surface area contributed by atoms with Crippen LogP contribution in [0, 0.1) is 3.83 Å². The first kappa shape index (κ1) is 16.9. The van der Waals surface area contributed by atoms with Gasteiger partial charge in [-0.2, -0.15) is 0 Å². The molecule has 0 aromatic carbocycles. The summed E-state index contributed by atoms with van der Waals surface area (Å²) in [7, 11) is 0. The van der Waals surface area contributed by atoms with E-state index in [4.69, 9.17) is 0 Å². The molecule has 0 spiro atoms. The molecule has 0 bridgehead atoms. The van der Waals surface area contributed by atoms with Gasteiger partial charge in [-0.05, 0) is 12.8 Å². The van der Waals surface area contributed by atoms with Gasteiger partial charge in [0.25, 0.3) is 0 Å². The molecule has 0 saturated carbocycles. The van der Waals surface area contributed by atoms with E-state index < -0.39 is 0 Å². The minimum Gasteiger partial charge on any atom is -0.262 e. The molecular weight excluding hydrogens is 349 g/mol. The van der Waals surface area contributed by atoms with E-state index in [1.807, 2.05) is 0 Å². The van der Waals surface area contributed by atoms with Gasteiger partial charge >= 0.3 is 0 Å². The van der Waals surface area contributed by atoms with Gasteiger partial charge in [0.2, 0.25) is 3.83 Å².